The molecule has 4 bridgehead atoms. The van der Waals surface area contributed by atoms with Gasteiger partial charge in [-0.05, 0) is 82.3 Å². The van der Waals surface area contributed by atoms with E-state index in [4.69, 9.17) is 49.9 Å². The van der Waals surface area contributed by atoms with Gasteiger partial charge in [0.15, 0.2) is 5.72 Å². The Morgan fingerprint density at radius 1 is 0.966 bits per heavy atom. The maximum absolute atomic E-state index is 14.5. The van der Waals surface area contributed by atoms with E-state index >= 15 is 0 Å². The number of anilines is 1. The highest BCUT2D eigenvalue weighted by atomic mass is 35.5. The first-order valence-corrected chi connectivity index (χ1v) is 30.0. The second-order valence-corrected chi connectivity index (χ2v) is 23.5. The number of nitrogens with zero attached hydrogens (tertiary/aromatic N) is 6. The van der Waals surface area contributed by atoms with E-state index in [9.17, 15) is 38.7 Å². The number of carboxylic acids is 1. The number of likely N-dealkylation sites (N-methyl/N-ethyl adjacent to an activating group) is 1. The van der Waals surface area contributed by atoms with Crippen molar-refractivity contribution in [2.75, 3.05) is 93.4 Å². The highest BCUT2D eigenvalue weighted by Gasteiger charge is 2.64. The number of aliphatic carboxylic acids is 1. The molecule has 3 fully saturated rings. The molecule has 8 atom stereocenters. The van der Waals surface area contributed by atoms with Crippen molar-refractivity contribution in [3.63, 3.8) is 0 Å². The van der Waals surface area contributed by atoms with Crippen LogP contribution in [-0.4, -0.2) is 212 Å². The average Bonchev–Trinajstić information content (AvgIpc) is 1.92. The Balaban J connectivity index is 1.03. The van der Waals surface area contributed by atoms with Crippen LogP contribution in [0.2, 0.25) is 5.02 Å². The standard InChI is InChI=1S/C62H87ClN8O16/c1-39-14-13-17-50(82-10)62(80)37-49(85-60(79)65-62)40(2)58-61(4,87-58)51(36-55(75)68(8)47-33-42(32-39)34-48(81-9)57(47)63)86-59(78)41(3)67(7)52(72)18-19-54(74)71(27-29-84-31-30-83-28-23-56(76)77)44-20-24-69(25-21-44)53(73)22-26-70-45(38-66(6)64-5)35-43-15-11-12-16-46(43)70/h11-17,33-35,40-41,44,49-51,58,64,80H,18-32,36-38H2,1-10H3,(H,65,79)(H,76,77). The van der Waals surface area contributed by atoms with Gasteiger partial charge in [-0.1, -0.05) is 60.5 Å². The normalized spacial score (nSPS) is 24.0. The summed E-state index contributed by atoms with van der Waals surface area (Å²) < 4.78 is 43.0. The fourth-order valence-electron chi connectivity index (χ4n) is 11.7. The topological polar surface area (TPSA) is 273 Å². The van der Waals surface area contributed by atoms with Gasteiger partial charge in [-0.2, -0.15) is 0 Å². The lowest BCUT2D eigenvalue weighted by atomic mass is 9.83. The molecule has 3 saturated heterocycles. The number of hydrazine groups is 1. The number of aromatic nitrogens is 1. The first-order valence-electron chi connectivity index (χ1n) is 29.7. The zero-order valence-electron chi connectivity index (χ0n) is 51.7. The first kappa shape index (κ1) is 67.9. The third kappa shape index (κ3) is 17.2. The number of aryl methyl sites for hydroxylation is 1. The minimum atomic E-state index is -1.90. The van der Waals surface area contributed by atoms with Gasteiger partial charge in [0, 0.05) is 103 Å². The summed E-state index contributed by atoms with van der Waals surface area (Å²) in [5.41, 5.74) is 3.98. The number of carboxylic acid groups (broad SMARTS) is 1. The molecule has 478 valence electrons. The van der Waals surface area contributed by atoms with Gasteiger partial charge in [0.05, 0.1) is 64.7 Å². The summed E-state index contributed by atoms with van der Waals surface area (Å²) >= 11 is 6.87. The maximum Gasteiger partial charge on any atom is 0.409 e. The van der Waals surface area contributed by atoms with Gasteiger partial charge in [-0.15, -0.1) is 0 Å². The minimum Gasteiger partial charge on any atom is -0.495 e. The van der Waals surface area contributed by atoms with E-state index < -0.39 is 84.0 Å². The van der Waals surface area contributed by atoms with E-state index in [1.807, 2.05) is 49.1 Å². The van der Waals surface area contributed by atoms with Gasteiger partial charge < -0.3 is 67.5 Å². The number of halogens is 1. The summed E-state index contributed by atoms with van der Waals surface area (Å²) in [6, 6.07) is 12.3. The molecule has 4 aliphatic rings. The number of ether oxygens (including phenoxy) is 7. The van der Waals surface area contributed by atoms with Crippen molar-refractivity contribution in [3.05, 3.63) is 82.5 Å². The third-order valence-electron chi connectivity index (χ3n) is 17.2. The van der Waals surface area contributed by atoms with E-state index in [0.717, 1.165) is 27.7 Å². The molecule has 25 heteroatoms. The summed E-state index contributed by atoms with van der Waals surface area (Å²) in [5.74, 6) is -3.51. The number of aliphatic hydroxyl groups is 1. The number of amides is 5. The van der Waals surface area contributed by atoms with E-state index in [0.29, 0.717) is 56.9 Å². The summed E-state index contributed by atoms with van der Waals surface area (Å²) in [6.07, 6.45) is 0.819. The van der Waals surface area contributed by atoms with Crippen LogP contribution >= 0.6 is 11.6 Å². The molecule has 87 heavy (non-hydrogen) atoms. The van der Waals surface area contributed by atoms with E-state index in [1.165, 1.54) is 38.0 Å². The second kappa shape index (κ2) is 30.5. The Morgan fingerprint density at radius 3 is 2.36 bits per heavy atom. The number of allylic oxidation sites excluding steroid dienone is 3. The van der Waals surface area contributed by atoms with Crippen LogP contribution in [0.25, 0.3) is 10.9 Å². The number of epoxide rings is 1. The quantitative estimate of drug-likeness (QED) is 0.0387. The largest absolute Gasteiger partial charge is 0.495 e. The number of likely N-dealkylation sites (tertiary alicyclic amines) is 1. The van der Waals surface area contributed by atoms with Crippen LogP contribution < -0.4 is 20.4 Å². The molecule has 24 nitrogen and oxygen atoms in total. The molecule has 4 aliphatic heterocycles. The molecule has 0 aliphatic carbocycles. The number of hydrogen-bond acceptors (Lipinski definition) is 17. The maximum atomic E-state index is 14.5. The number of alkyl carbamates (subject to hydrolysis) is 1. The van der Waals surface area contributed by atoms with Crippen molar-refractivity contribution in [3.8, 4) is 5.75 Å². The summed E-state index contributed by atoms with van der Waals surface area (Å²) in [4.78, 5) is 101. The molecular weight excluding hydrogens is 1150 g/mol. The summed E-state index contributed by atoms with van der Waals surface area (Å²) in [6.45, 7) is 9.42. The summed E-state index contributed by atoms with van der Waals surface area (Å²) in [7, 11) is 9.66. The van der Waals surface area contributed by atoms with Gasteiger partial charge >= 0.3 is 18.0 Å². The Hall–Kier alpha value is -6.64. The van der Waals surface area contributed by atoms with Crippen LogP contribution in [0.5, 0.6) is 5.75 Å². The summed E-state index contributed by atoms with van der Waals surface area (Å²) in [5, 5.41) is 26.7. The number of methoxy groups -OCH3 is 2. The Labute approximate surface area is 513 Å². The Bertz CT molecular complexity index is 3000. The molecule has 3 aromatic rings. The van der Waals surface area contributed by atoms with Crippen LogP contribution in [0.4, 0.5) is 10.5 Å². The molecule has 5 heterocycles. The zero-order chi connectivity index (χ0) is 63.3. The van der Waals surface area contributed by atoms with Gasteiger partial charge in [0.1, 0.15) is 40.7 Å². The molecular formula is C62H87ClN8O16. The number of esters is 1. The zero-order valence-corrected chi connectivity index (χ0v) is 52.5. The van der Waals surface area contributed by atoms with E-state index in [2.05, 4.69) is 33.5 Å². The van der Waals surface area contributed by atoms with E-state index in [-0.39, 0.29) is 88.0 Å². The van der Waals surface area contributed by atoms with Crippen molar-refractivity contribution in [1.29, 1.82) is 0 Å². The number of rotatable bonds is 24. The third-order valence-corrected chi connectivity index (χ3v) is 17.6. The fourth-order valence-corrected chi connectivity index (χ4v) is 12.0. The lowest BCUT2D eigenvalue weighted by Gasteiger charge is -2.42. The van der Waals surface area contributed by atoms with Crippen LogP contribution in [-0.2, 0) is 76.7 Å². The number of piperidine rings is 1. The predicted octanol–water partition coefficient (Wildman–Crippen LogP) is 5.23. The van der Waals surface area contributed by atoms with Crippen molar-refractivity contribution in [2.45, 2.75) is 146 Å². The number of fused-ring (bicyclic) bond motifs is 6. The first-order chi connectivity index (χ1) is 41.4. The molecule has 7 rings (SSSR count). The monoisotopic (exact) mass is 1230 g/mol. The molecule has 5 amide bonds. The highest BCUT2D eigenvalue weighted by Crippen LogP contribution is 2.49. The smallest absolute Gasteiger partial charge is 0.409 e. The predicted molar refractivity (Wildman–Crippen MR) is 322 cm³/mol. The van der Waals surface area contributed by atoms with E-state index in [1.54, 1.807) is 50.1 Å². The van der Waals surface area contributed by atoms with Crippen LogP contribution in [0.3, 0.4) is 0 Å². The molecule has 0 spiro atoms. The van der Waals surface area contributed by atoms with Gasteiger partial charge in [-0.25, -0.2) is 14.6 Å². The highest BCUT2D eigenvalue weighted by molar-refractivity contribution is 6.35. The number of nitrogens with one attached hydrogen (secondary N) is 2. The number of carbonyl (C=O) groups excluding carboxylic acids is 6. The van der Waals surface area contributed by atoms with Crippen LogP contribution in [0, 0.1) is 5.92 Å². The Kier molecular flexibility index (Phi) is 23.8. The number of hydrogen-bond donors (Lipinski definition) is 4. The number of benzene rings is 2. The molecule has 2 aromatic carbocycles. The molecule has 4 N–H and O–H groups in total. The second-order valence-electron chi connectivity index (χ2n) is 23.1. The molecule has 0 radical (unpaired) electrons. The number of carbonyl (C=O) groups is 7. The van der Waals surface area contributed by atoms with Gasteiger partial charge in [0.25, 0.3) is 0 Å². The molecule has 0 saturated carbocycles. The van der Waals surface area contributed by atoms with Crippen molar-refractivity contribution < 1.29 is 76.9 Å². The fraction of sp³-hybridized carbons (Fsp3) is 0.597. The van der Waals surface area contributed by atoms with Crippen molar-refractivity contribution in [1.82, 2.24) is 35.0 Å². The molecule has 1 aromatic heterocycles. The van der Waals surface area contributed by atoms with Crippen LogP contribution in [0.1, 0.15) is 90.3 Å². The van der Waals surface area contributed by atoms with Crippen molar-refractivity contribution in [2.24, 2.45) is 5.92 Å². The minimum absolute atomic E-state index is 0.00142. The average molecular weight is 1240 g/mol. The lowest BCUT2D eigenvalue weighted by Crippen LogP contribution is -2.63. The molecule has 8 unspecified atom stereocenters. The van der Waals surface area contributed by atoms with Gasteiger partial charge in [-0.3, -0.25) is 34.7 Å². The number of para-hydroxylation sites is 1. The lowest BCUT2D eigenvalue weighted by molar-refractivity contribution is -0.162. The van der Waals surface area contributed by atoms with Gasteiger partial charge in [0.2, 0.25) is 23.6 Å². The Morgan fingerprint density at radius 2 is 1.67 bits per heavy atom. The SMILES string of the molecule is CNN(C)Cc1cc2ccccc2n1CCC(=O)N1CCC(N(CCOCCOCCC(=O)O)C(=O)CCC(=O)N(C)C(C)C(=O)OC2CC(=O)N(C)c3cc(cc(OC)c3Cl)CC(C)=CC=CC(OC)C3(O)CC(OC(=O)N3)C(C)C3OC23C)CC1. The van der Waals surface area contributed by atoms with Crippen molar-refractivity contribution >= 4 is 69.9 Å². The van der Waals surface area contributed by atoms with Crippen LogP contribution in [0.15, 0.2) is 66.3 Å².